The minimum atomic E-state index is -5.57. The van der Waals surface area contributed by atoms with Crippen molar-refractivity contribution in [2.45, 2.75) is 12.5 Å². The minimum Gasteiger partial charge on any atom is -0.489 e. The molecule has 0 bridgehead atoms. The van der Waals surface area contributed by atoms with Crippen LogP contribution in [0.3, 0.4) is 0 Å². The number of halogens is 6. The Morgan fingerprint density at radius 1 is 1.25 bits per heavy atom. The van der Waals surface area contributed by atoms with Crippen LogP contribution in [0.2, 0.25) is 0 Å². The van der Waals surface area contributed by atoms with E-state index >= 15 is 0 Å². The van der Waals surface area contributed by atoms with E-state index in [0.29, 0.717) is 0 Å². The van der Waals surface area contributed by atoms with Gasteiger partial charge < -0.3 is 9.47 Å². The van der Waals surface area contributed by atoms with Crippen molar-refractivity contribution in [1.82, 2.24) is 4.98 Å². The minimum absolute atomic E-state index is 0.282. The molecular formula is C8H4F6N2O4. The van der Waals surface area contributed by atoms with Crippen molar-refractivity contribution >= 4 is 5.69 Å². The van der Waals surface area contributed by atoms with E-state index in [4.69, 9.17) is 0 Å². The van der Waals surface area contributed by atoms with Crippen LogP contribution in [0.1, 0.15) is 5.69 Å². The van der Waals surface area contributed by atoms with Crippen molar-refractivity contribution in [3.8, 4) is 11.5 Å². The molecular weight excluding hydrogens is 302 g/mol. The third-order valence-electron chi connectivity index (χ3n) is 1.86. The molecule has 20 heavy (non-hydrogen) atoms. The molecule has 0 saturated heterocycles. The van der Waals surface area contributed by atoms with Crippen molar-refractivity contribution in [1.29, 1.82) is 0 Å². The summed E-state index contributed by atoms with van der Waals surface area (Å²) in [6.07, 6.45) is -10.7. The normalized spacial score (nSPS) is 12.2. The molecule has 1 aromatic rings. The fourth-order valence-electron chi connectivity index (χ4n) is 1.20. The molecule has 6 nitrogen and oxygen atoms in total. The number of pyridine rings is 1. The topological polar surface area (TPSA) is 74.5 Å². The van der Waals surface area contributed by atoms with Gasteiger partial charge in [0.25, 0.3) is 0 Å². The molecule has 0 saturated carbocycles. The SMILES string of the molecule is COc1cnc(C(F)(F)F)c(OC(F)(F)F)c1[N+](=O)[O-]. The second-order valence-corrected chi connectivity index (χ2v) is 3.16. The van der Waals surface area contributed by atoms with E-state index in [9.17, 15) is 36.5 Å². The highest BCUT2D eigenvalue weighted by Crippen LogP contribution is 2.46. The van der Waals surface area contributed by atoms with Crippen molar-refractivity contribution in [3.05, 3.63) is 22.0 Å². The van der Waals surface area contributed by atoms with Gasteiger partial charge in [-0.2, -0.15) is 13.2 Å². The van der Waals surface area contributed by atoms with E-state index in [1.54, 1.807) is 0 Å². The van der Waals surface area contributed by atoms with Crippen LogP contribution in [-0.4, -0.2) is 23.4 Å². The fraction of sp³-hybridized carbons (Fsp3) is 0.375. The van der Waals surface area contributed by atoms with Crippen LogP contribution in [0.4, 0.5) is 32.0 Å². The van der Waals surface area contributed by atoms with Gasteiger partial charge in [-0.25, -0.2) is 4.98 Å². The van der Waals surface area contributed by atoms with Crippen LogP contribution in [0.15, 0.2) is 6.20 Å². The molecule has 12 heteroatoms. The number of rotatable bonds is 3. The first-order valence-corrected chi connectivity index (χ1v) is 4.51. The Balaban J connectivity index is 3.64. The van der Waals surface area contributed by atoms with Crippen molar-refractivity contribution < 1.29 is 40.7 Å². The molecule has 0 aromatic carbocycles. The van der Waals surface area contributed by atoms with E-state index in [0.717, 1.165) is 7.11 Å². The number of hydrogen-bond acceptors (Lipinski definition) is 5. The number of nitro groups is 1. The Morgan fingerprint density at radius 2 is 1.80 bits per heavy atom. The molecule has 0 amide bonds. The van der Waals surface area contributed by atoms with Gasteiger partial charge in [0.1, 0.15) is 0 Å². The number of nitrogens with zero attached hydrogens (tertiary/aromatic N) is 2. The molecule has 1 aromatic heterocycles. The van der Waals surface area contributed by atoms with Crippen molar-refractivity contribution in [3.63, 3.8) is 0 Å². The molecule has 0 radical (unpaired) electrons. The van der Waals surface area contributed by atoms with Crippen LogP contribution in [-0.2, 0) is 6.18 Å². The number of ether oxygens (including phenoxy) is 2. The maximum absolute atomic E-state index is 12.5. The Morgan fingerprint density at radius 3 is 2.15 bits per heavy atom. The summed E-state index contributed by atoms with van der Waals surface area (Å²) in [5, 5.41) is 10.6. The summed E-state index contributed by atoms with van der Waals surface area (Å²) in [5.41, 5.74) is -3.80. The summed E-state index contributed by atoms with van der Waals surface area (Å²) in [6, 6.07) is 0. The van der Waals surface area contributed by atoms with Crippen LogP contribution in [0.5, 0.6) is 11.5 Å². The number of methoxy groups -OCH3 is 1. The summed E-state index contributed by atoms with van der Waals surface area (Å²) >= 11 is 0. The van der Waals surface area contributed by atoms with Gasteiger partial charge in [0, 0.05) is 0 Å². The third kappa shape index (κ3) is 3.39. The van der Waals surface area contributed by atoms with Gasteiger partial charge in [0.05, 0.1) is 18.2 Å². The smallest absolute Gasteiger partial charge is 0.489 e. The highest BCUT2D eigenvalue weighted by Gasteiger charge is 2.46. The zero-order valence-electron chi connectivity index (χ0n) is 9.37. The zero-order valence-corrected chi connectivity index (χ0v) is 9.37. The van der Waals surface area contributed by atoms with Crippen LogP contribution in [0.25, 0.3) is 0 Å². The molecule has 0 unspecified atom stereocenters. The van der Waals surface area contributed by atoms with Gasteiger partial charge in [-0.1, -0.05) is 0 Å². The van der Waals surface area contributed by atoms with E-state index < -0.39 is 40.3 Å². The maximum atomic E-state index is 12.5. The second kappa shape index (κ2) is 5.02. The average Bonchev–Trinajstić information content (AvgIpc) is 2.23. The van der Waals surface area contributed by atoms with Crippen LogP contribution >= 0.6 is 0 Å². The molecule has 0 aliphatic rings. The summed E-state index contributed by atoms with van der Waals surface area (Å²) in [5.74, 6) is -2.98. The monoisotopic (exact) mass is 306 g/mol. The molecule has 0 aliphatic carbocycles. The second-order valence-electron chi connectivity index (χ2n) is 3.16. The quantitative estimate of drug-likeness (QED) is 0.487. The van der Waals surface area contributed by atoms with E-state index in [2.05, 4.69) is 14.5 Å². The highest BCUT2D eigenvalue weighted by atomic mass is 19.4. The largest absolute Gasteiger partial charge is 0.573 e. The van der Waals surface area contributed by atoms with Gasteiger partial charge in [-0.15, -0.1) is 13.2 Å². The summed E-state index contributed by atoms with van der Waals surface area (Å²) in [7, 11) is 0.814. The highest BCUT2D eigenvalue weighted by molar-refractivity contribution is 5.59. The Bertz CT molecular complexity index is 527. The van der Waals surface area contributed by atoms with E-state index in [-0.39, 0.29) is 6.20 Å². The number of hydrogen-bond donors (Lipinski definition) is 0. The molecule has 112 valence electrons. The predicted molar refractivity (Wildman–Crippen MR) is 49.1 cm³/mol. The van der Waals surface area contributed by atoms with Crippen molar-refractivity contribution in [2.75, 3.05) is 7.11 Å². The molecule has 0 N–H and O–H groups in total. The molecule has 0 atom stereocenters. The number of aromatic nitrogens is 1. The van der Waals surface area contributed by atoms with Gasteiger partial charge >= 0.3 is 18.2 Å². The standard InChI is InChI=1S/C8H4F6N2O4/c1-19-3-2-15-6(7(9,10)11)5(4(3)16(17)18)20-8(12,13)14/h2H,1H3. The van der Waals surface area contributed by atoms with Crippen LogP contribution in [0, 0.1) is 10.1 Å². The lowest BCUT2D eigenvalue weighted by molar-refractivity contribution is -0.390. The molecule has 0 aliphatic heterocycles. The Labute approximate surface area is 106 Å². The first kappa shape index (κ1) is 15.8. The van der Waals surface area contributed by atoms with Gasteiger partial charge in [-0.3, -0.25) is 10.1 Å². The Kier molecular flexibility index (Phi) is 3.96. The third-order valence-corrected chi connectivity index (χ3v) is 1.86. The lowest BCUT2D eigenvalue weighted by Gasteiger charge is -2.15. The van der Waals surface area contributed by atoms with Gasteiger partial charge in [0.15, 0.2) is 5.69 Å². The molecule has 0 fully saturated rings. The van der Waals surface area contributed by atoms with Crippen molar-refractivity contribution in [2.24, 2.45) is 0 Å². The maximum Gasteiger partial charge on any atom is 0.573 e. The summed E-state index contributed by atoms with van der Waals surface area (Å²) in [6.45, 7) is 0. The Hall–Kier alpha value is -2.27. The van der Waals surface area contributed by atoms with E-state index in [1.807, 2.05) is 0 Å². The molecule has 0 spiro atoms. The summed E-state index contributed by atoms with van der Waals surface area (Å²) in [4.78, 5) is 11.8. The molecule has 1 rings (SSSR count). The van der Waals surface area contributed by atoms with Crippen LogP contribution < -0.4 is 9.47 Å². The van der Waals surface area contributed by atoms with Gasteiger partial charge in [-0.05, 0) is 0 Å². The first-order chi connectivity index (χ1) is 8.97. The average molecular weight is 306 g/mol. The number of alkyl halides is 6. The summed E-state index contributed by atoms with van der Waals surface area (Å²) < 4.78 is 81.3. The molecule has 1 heterocycles. The fourth-order valence-corrected chi connectivity index (χ4v) is 1.20. The predicted octanol–water partition coefficient (Wildman–Crippen LogP) is 2.92. The zero-order chi connectivity index (χ0) is 15.7. The lowest BCUT2D eigenvalue weighted by atomic mass is 10.2. The lowest BCUT2D eigenvalue weighted by Crippen LogP contribution is -2.22. The van der Waals surface area contributed by atoms with E-state index in [1.165, 1.54) is 0 Å². The first-order valence-electron chi connectivity index (χ1n) is 4.51. The van der Waals surface area contributed by atoms with Gasteiger partial charge in [0.2, 0.25) is 11.5 Å².